The van der Waals surface area contributed by atoms with Crippen LogP contribution in [0.3, 0.4) is 0 Å². The van der Waals surface area contributed by atoms with Crippen molar-refractivity contribution in [3.63, 3.8) is 0 Å². The van der Waals surface area contributed by atoms with Crippen LogP contribution in [0, 0.1) is 0 Å². The van der Waals surface area contributed by atoms with E-state index in [-0.39, 0.29) is 36.9 Å². The molecule has 5 rings (SSSR count). The van der Waals surface area contributed by atoms with Crippen LogP contribution in [0.5, 0.6) is 11.5 Å². The predicted octanol–water partition coefficient (Wildman–Crippen LogP) is 6.51. The second-order valence-electron chi connectivity index (χ2n) is 13.4. The highest BCUT2D eigenvalue weighted by atomic mass is 32.2. The van der Waals surface area contributed by atoms with E-state index < -0.39 is 21.7 Å². The molecule has 0 bridgehead atoms. The van der Waals surface area contributed by atoms with Crippen molar-refractivity contribution in [1.82, 2.24) is 10.6 Å². The monoisotopic (exact) mass is 707 g/mol. The van der Waals surface area contributed by atoms with Crippen molar-refractivity contribution in [2.75, 3.05) is 17.5 Å². The molecule has 5 aromatic rings. The van der Waals surface area contributed by atoms with Gasteiger partial charge in [0.05, 0.1) is 24.5 Å². The predicted molar refractivity (Wildman–Crippen MR) is 202 cm³/mol. The van der Waals surface area contributed by atoms with Gasteiger partial charge in [-0.2, -0.15) is 0 Å². The van der Waals surface area contributed by atoms with E-state index in [2.05, 4.69) is 15.4 Å². The normalized spacial score (nSPS) is 12.2. The van der Waals surface area contributed by atoms with Crippen LogP contribution < -0.4 is 20.1 Å². The number of phenols is 1. The highest BCUT2D eigenvalue weighted by Crippen LogP contribution is 2.30. The third kappa shape index (κ3) is 11.7. The quantitative estimate of drug-likeness (QED) is 0.0789. The number of aliphatic hydroxyl groups excluding tert-OH is 1. The lowest BCUT2D eigenvalue weighted by Crippen LogP contribution is -2.43. The van der Waals surface area contributed by atoms with Gasteiger partial charge in [0.1, 0.15) is 18.1 Å². The molecule has 51 heavy (non-hydrogen) atoms. The first-order valence-electron chi connectivity index (χ1n) is 16.8. The summed E-state index contributed by atoms with van der Waals surface area (Å²) in [6.07, 6.45) is 1.05. The van der Waals surface area contributed by atoms with Crippen molar-refractivity contribution >= 4 is 21.6 Å². The molecule has 0 radical (unpaired) electrons. The smallest absolute Gasteiger partial charge is 0.229 e. The number of β-amino-alcohol motifs (C(OH)–C–C–N with tert-alkyl or cyclic N) is 1. The number of amides is 1. The summed E-state index contributed by atoms with van der Waals surface area (Å²) < 4.78 is 32.6. The van der Waals surface area contributed by atoms with Crippen LogP contribution >= 0.6 is 0 Å². The minimum absolute atomic E-state index is 0.0797. The number of benzene rings is 5. The maximum Gasteiger partial charge on any atom is 0.229 e. The fourth-order valence-corrected chi connectivity index (χ4v) is 6.33. The van der Waals surface area contributed by atoms with Crippen LogP contribution in [0.15, 0.2) is 121 Å². The van der Waals surface area contributed by atoms with Gasteiger partial charge in [0.15, 0.2) is 0 Å². The highest BCUT2D eigenvalue weighted by Gasteiger charge is 2.21. The number of carbonyl (C=O) groups excluding carboxylic acids is 1. The molecular formula is C41H45N3O6S. The van der Waals surface area contributed by atoms with Crippen molar-refractivity contribution in [3.8, 4) is 22.6 Å². The van der Waals surface area contributed by atoms with Gasteiger partial charge in [0, 0.05) is 18.6 Å². The van der Waals surface area contributed by atoms with E-state index in [1.165, 1.54) is 0 Å². The van der Waals surface area contributed by atoms with Crippen LogP contribution in [0.4, 0.5) is 5.69 Å². The molecule has 0 aromatic heterocycles. The van der Waals surface area contributed by atoms with Crippen LogP contribution in [0.1, 0.15) is 47.8 Å². The molecular weight excluding hydrogens is 663 g/mol. The molecule has 5 N–H and O–H groups in total. The zero-order valence-corrected chi connectivity index (χ0v) is 29.9. The summed E-state index contributed by atoms with van der Waals surface area (Å²) in [5.41, 5.74) is 6.26. The van der Waals surface area contributed by atoms with E-state index in [1.807, 2.05) is 105 Å². The third-order valence-electron chi connectivity index (χ3n) is 8.31. The highest BCUT2D eigenvalue weighted by molar-refractivity contribution is 7.92. The molecule has 0 unspecified atom stereocenters. The van der Waals surface area contributed by atoms with Crippen LogP contribution in [0.2, 0.25) is 0 Å². The summed E-state index contributed by atoms with van der Waals surface area (Å²) in [4.78, 5) is 12.9. The Bertz CT molecular complexity index is 2030. The van der Waals surface area contributed by atoms with Gasteiger partial charge < -0.3 is 25.6 Å². The fraction of sp³-hybridized carbons (Fsp3) is 0.244. The van der Waals surface area contributed by atoms with Crippen molar-refractivity contribution in [3.05, 3.63) is 149 Å². The molecule has 9 nitrogen and oxygen atoms in total. The molecule has 0 aliphatic heterocycles. The average Bonchev–Trinajstić information content (AvgIpc) is 3.09. The van der Waals surface area contributed by atoms with Gasteiger partial charge in [-0.1, -0.05) is 91.0 Å². The van der Waals surface area contributed by atoms with E-state index >= 15 is 0 Å². The summed E-state index contributed by atoms with van der Waals surface area (Å²) >= 11 is 0. The zero-order chi connectivity index (χ0) is 36.4. The molecule has 0 aliphatic rings. The maximum absolute atomic E-state index is 12.9. The van der Waals surface area contributed by atoms with Gasteiger partial charge in [0.2, 0.25) is 15.9 Å². The average molecular weight is 708 g/mol. The molecule has 0 aliphatic carbocycles. The topological polar surface area (TPSA) is 137 Å². The first-order valence-corrected chi connectivity index (χ1v) is 18.7. The van der Waals surface area contributed by atoms with E-state index in [0.717, 1.165) is 39.6 Å². The summed E-state index contributed by atoms with van der Waals surface area (Å²) in [7, 11) is -3.59. The summed E-state index contributed by atoms with van der Waals surface area (Å²) in [6, 6.07) is 37.5. The summed E-state index contributed by atoms with van der Waals surface area (Å²) in [5.74, 6) is 0.500. The number of nitrogens with one attached hydrogen (secondary N) is 3. The number of hydrogen-bond acceptors (Lipinski definition) is 7. The number of anilines is 1. The summed E-state index contributed by atoms with van der Waals surface area (Å²) in [6.45, 7) is 4.98. The minimum Gasteiger partial charge on any atom is -0.508 e. The van der Waals surface area contributed by atoms with Gasteiger partial charge >= 0.3 is 0 Å². The second-order valence-corrected chi connectivity index (χ2v) is 15.1. The van der Waals surface area contributed by atoms with E-state index in [9.17, 15) is 23.4 Å². The Morgan fingerprint density at radius 2 is 1.47 bits per heavy atom. The molecule has 0 spiro atoms. The third-order valence-corrected chi connectivity index (χ3v) is 8.91. The fourth-order valence-electron chi connectivity index (χ4n) is 5.77. The van der Waals surface area contributed by atoms with Gasteiger partial charge in [-0.3, -0.25) is 9.52 Å². The molecule has 5 aromatic carbocycles. The second kappa shape index (κ2) is 16.7. The van der Waals surface area contributed by atoms with Crippen LogP contribution in [0.25, 0.3) is 11.1 Å². The van der Waals surface area contributed by atoms with Crippen molar-refractivity contribution in [2.24, 2.45) is 0 Å². The number of ether oxygens (including phenoxy) is 1. The Kier molecular flexibility index (Phi) is 12.1. The van der Waals surface area contributed by atoms with E-state index in [4.69, 9.17) is 4.74 Å². The lowest BCUT2D eigenvalue weighted by atomic mass is 9.93. The Hall–Kier alpha value is -5.16. The van der Waals surface area contributed by atoms with Gasteiger partial charge in [-0.15, -0.1) is 0 Å². The SMILES string of the molecule is CC(C)(Cc1cccc(CC(=O)NCc2cccc(-c3ccc(O)cc3)c2)c1)NC[C@@H](O)c1ccc(OCc2ccccc2)c(NS(C)(=O)=O)c1. The van der Waals surface area contributed by atoms with Crippen LogP contribution in [-0.2, 0) is 40.8 Å². The Labute approximate surface area is 300 Å². The Morgan fingerprint density at radius 1 is 0.784 bits per heavy atom. The molecule has 0 saturated carbocycles. The van der Waals surface area contributed by atoms with Gasteiger partial charge in [-0.05, 0) is 89.5 Å². The Morgan fingerprint density at radius 3 is 2.22 bits per heavy atom. The van der Waals surface area contributed by atoms with E-state index in [1.54, 1.807) is 30.3 Å². The number of carbonyl (C=O) groups is 1. The minimum atomic E-state index is -3.59. The summed E-state index contributed by atoms with van der Waals surface area (Å²) in [5, 5.41) is 27.1. The van der Waals surface area contributed by atoms with Gasteiger partial charge in [0.25, 0.3) is 0 Å². The first-order chi connectivity index (χ1) is 24.3. The molecule has 0 fully saturated rings. The molecule has 1 atom stereocenters. The van der Waals surface area contributed by atoms with E-state index in [0.29, 0.717) is 24.3 Å². The van der Waals surface area contributed by atoms with Crippen molar-refractivity contribution < 1.29 is 28.2 Å². The number of rotatable bonds is 16. The van der Waals surface area contributed by atoms with Gasteiger partial charge in [-0.25, -0.2) is 8.42 Å². The maximum atomic E-state index is 12.9. The molecule has 0 heterocycles. The number of aliphatic hydroxyl groups is 1. The van der Waals surface area contributed by atoms with Crippen molar-refractivity contribution in [1.29, 1.82) is 0 Å². The Balaban J connectivity index is 1.14. The molecule has 266 valence electrons. The number of aromatic hydroxyl groups is 1. The first kappa shape index (κ1) is 37.1. The van der Waals surface area contributed by atoms with Crippen molar-refractivity contribution in [2.45, 2.75) is 51.5 Å². The molecule has 0 saturated heterocycles. The lowest BCUT2D eigenvalue weighted by Gasteiger charge is -2.28. The number of sulfonamides is 1. The number of phenolic OH excluding ortho intramolecular Hbond substituents is 1. The lowest BCUT2D eigenvalue weighted by molar-refractivity contribution is -0.120. The molecule has 1 amide bonds. The number of hydrogen-bond donors (Lipinski definition) is 5. The zero-order valence-electron chi connectivity index (χ0n) is 29.1. The largest absolute Gasteiger partial charge is 0.508 e. The molecule has 10 heteroatoms. The van der Waals surface area contributed by atoms with Crippen LogP contribution in [-0.4, -0.2) is 42.9 Å². The standard InChI is InChI=1S/C41H45N3O6S/c1-41(2,43-27-38(46)35-17-20-39(37(24-35)44-51(3,48)49)50-28-29-9-5-4-6-10-29)25-31-12-7-11-30(21-31)23-40(47)42-26-32-13-8-14-34(22-32)33-15-18-36(45)19-16-33/h4-22,24,38,43-46H,23,25-28H2,1-3H3,(H,42,47)/t38-/m1/s1.